The van der Waals surface area contributed by atoms with E-state index in [4.69, 9.17) is 28.3 Å². The van der Waals surface area contributed by atoms with E-state index in [1.165, 1.54) is 0 Å². The topological polar surface area (TPSA) is 257 Å². The summed E-state index contributed by atoms with van der Waals surface area (Å²) >= 11 is 0. The zero-order chi connectivity index (χ0) is 34.8. The molecule has 0 aliphatic heterocycles. The quantitative estimate of drug-likeness (QED) is 0.0539. The van der Waals surface area contributed by atoms with Crippen LogP contribution >= 0.6 is 0 Å². The summed E-state index contributed by atoms with van der Waals surface area (Å²) in [7, 11) is 0. The predicted molar refractivity (Wildman–Crippen MR) is 183 cm³/mol. The highest BCUT2D eigenvalue weighted by Crippen LogP contribution is 2.10. The molecule has 3 atom stereocenters. The Bertz CT molecular complexity index is 1340. The number of carbonyl (C=O) groups is 4. The number of rotatable bonds is 20. The maximum absolute atomic E-state index is 13.6. The normalized spacial score (nSPS) is 12.7. The largest absolute Gasteiger partial charge is 0.384 e. The Morgan fingerprint density at radius 3 is 2.00 bits per heavy atom. The zero-order valence-corrected chi connectivity index (χ0v) is 27.3. The van der Waals surface area contributed by atoms with Crippen molar-refractivity contribution in [3.8, 4) is 0 Å². The molecule has 2 aromatic rings. The number of hydrogen-bond acceptors (Lipinski definition) is 7. The van der Waals surface area contributed by atoms with Gasteiger partial charge in [0.1, 0.15) is 24.0 Å². The molecule has 47 heavy (non-hydrogen) atoms. The van der Waals surface area contributed by atoms with Crippen LogP contribution in [-0.4, -0.2) is 66.6 Å². The fraction of sp³-hybridized carbons (Fsp3) is 0.455. The number of unbranched alkanes of at least 4 members (excludes halogenated alkanes) is 1. The van der Waals surface area contributed by atoms with Crippen LogP contribution < -0.4 is 44.2 Å². The SMILES string of the molecule is CC(C)[C@H](NC(=O)[C@H](CCCCN)NC(=O)Cc1ccccc1)C(=O)N[C@@H](CCCN=C(N)N)C(=O)NCc1ccc(C(=N)N)cc1. The molecule has 0 fully saturated rings. The van der Waals surface area contributed by atoms with Gasteiger partial charge >= 0.3 is 0 Å². The fourth-order valence-corrected chi connectivity index (χ4v) is 4.73. The van der Waals surface area contributed by atoms with Gasteiger partial charge in [0.05, 0.1) is 6.42 Å². The molecule has 4 amide bonds. The molecule has 256 valence electrons. The van der Waals surface area contributed by atoms with Gasteiger partial charge in [-0.05, 0) is 55.7 Å². The van der Waals surface area contributed by atoms with E-state index in [1.54, 1.807) is 38.1 Å². The van der Waals surface area contributed by atoms with Gasteiger partial charge in [0.2, 0.25) is 23.6 Å². The van der Waals surface area contributed by atoms with Crippen LogP contribution in [0.5, 0.6) is 0 Å². The van der Waals surface area contributed by atoms with E-state index in [9.17, 15) is 19.2 Å². The lowest BCUT2D eigenvalue weighted by atomic mass is 10.0. The number of amides is 4. The van der Waals surface area contributed by atoms with Crippen LogP contribution in [-0.2, 0) is 32.1 Å². The van der Waals surface area contributed by atoms with Crippen LogP contribution in [0.4, 0.5) is 0 Å². The van der Waals surface area contributed by atoms with Crippen LogP contribution in [0.3, 0.4) is 0 Å². The Balaban J connectivity index is 2.14. The minimum atomic E-state index is -0.988. The van der Waals surface area contributed by atoms with Gasteiger partial charge in [-0.25, -0.2) is 0 Å². The van der Waals surface area contributed by atoms with Crippen molar-refractivity contribution >= 4 is 35.4 Å². The number of hydrogen-bond donors (Lipinski definition) is 9. The number of benzene rings is 2. The molecule has 0 saturated carbocycles. The van der Waals surface area contributed by atoms with Gasteiger partial charge in [-0.3, -0.25) is 29.6 Å². The van der Waals surface area contributed by atoms with Gasteiger partial charge in [-0.1, -0.05) is 68.4 Å². The Labute approximate surface area is 276 Å². The molecule has 0 aliphatic rings. The second kappa shape index (κ2) is 20.2. The van der Waals surface area contributed by atoms with Crippen molar-refractivity contribution in [2.75, 3.05) is 13.1 Å². The first-order valence-electron chi connectivity index (χ1n) is 15.8. The molecule has 0 aromatic heterocycles. The smallest absolute Gasteiger partial charge is 0.243 e. The van der Waals surface area contributed by atoms with Crippen LogP contribution in [0, 0.1) is 11.3 Å². The average Bonchev–Trinajstić information content (AvgIpc) is 3.03. The summed E-state index contributed by atoms with van der Waals surface area (Å²) in [5.41, 5.74) is 24.2. The first-order chi connectivity index (χ1) is 22.4. The minimum absolute atomic E-state index is 0.0626. The zero-order valence-electron chi connectivity index (χ0n) is 27.3. The van der Waals surface area contributed by atoms with Gasteiger partial charge in [0.15, 0.2) is 5.96 Å². The number of aliphatic imine (C=N–C) groups is 1. The molecule has 0 spiro atoms. The van der Waals surface area contributed by atoms with Crippen LogP contribution in [0.25, 0.3) is 0 Å². The summed E-state index contributed by atoms with van der Waals surface area (Å²) in [4.78, 5) is 57.2. The molecule has 0 bridgehead atoms. The minimum Gasteiger partial charge on any atom is -0.384 e. The number of nitrogen functional groups attached to an aromatic ring is 1. The van der Waals surface area contributed by atoms with Crippen LogP contribution in [0.2, 0.25) is 0 Å². The second-order valence-electron chi connectivity index (χ2n) is 11.6. The maximum atomic E-state index is 13.6. The number of carbonyl (C=O) groups excluding carboxylic acids is 4. The van der Waals surface area contributed by atoms with Crippen molar-refractivity contribution in [1.29, 1.82) is 5.41 Å². The molecule has 14 nitrogen and oxygen atoms in total. The van der Waals surface area contributed by atoms with Gasteiger partial charge < -0.3 is 44.2 Å². The summed E-state index contributed by atoms with van der Waals surface area (Å²) in [6.45, 7) is 4.43. The molecular formula is C33H50N10O4. The molecule has 2 rings (SSSR count). The van der Waals surface area contributed by atoms with Crippen LogP contribution in [0.15, 0.2) is 59.6 Å². The summed E-state index contributed by atoms with van der Waals surface area (Å²) in [6.07, 6.45) is 2.36. The third-order valence-electron chi connectivity index (χ3n) is 7.36. The summed E-state index contributed by atoms with van der Waals surface area (Å²) in [6, 6.07) is 13.2. The highest BCUT2D eigenvalue weighted by molar-refractivity contribution is 5.95. The third kappa shape index (κ3) is 14.3. The second-order valence-corrected chi connectivity index (χ2v) is 11.6. The molecule has 2 aromatic carbocycles. The van der Waals surface area contributed by atoms with E-state index in [2.05, 4.69) is 26.3 Å². The number of nitrogens with one attached hydrogen (secondary N) is 5. The van der Waals surface area contributed by atoms with Gasteiger partial charge in [0, 0.05) is 18.7 Å². The van der Waals surface area contributed by atoms with Crippen molar-refractivity contribution < 1.29 is 19.2 Å². The molecule has 0 radical (unpaired) electrons. The van der Waals surface area contributed by atoms with E-state index in [0.717, 1.165) is 11.1 Å². The first kappa shape index (κ1) is 38.2. The molecule has 0 heterocycles. The van der Waals surface area contributed by atoms with Crippen molar-refractivity contribution in [3.63, 3.8) is 0 Å². The average molecular weight is 651 g/mol. The lowest BCUT2D eigenvalue weighted by Crippen LogP contribution is -2.58. The van der Waals surface area contributed by atoms with Crippen molar-refractivity contribution in [1.82, 2.24) is 21.3 Å². The standard InChI is InChI=1S/C33H50N10O4/c1-21(2)28(43-31(46)26(11-6-7-17-34)41-27(44)19-22-9-4-3-5-10-22)32(47)42-25(12-8-18-39-33(37)38)30(45)40-20-23-13-15-24(16-14-23)29(35)36/h3-5,9-10,13-16,21,25-26,28H,6-8,11-12,17-20,34H2,1-2H3,(H3,35,36)(H,40,45)(H,41,44)(H,42,47)(H,43,46)(H4,37,38,39)/t25-,26-,28-/m0/s1. The lowest BCUT2D eigenvalue weighted by molar-refractivity contribution is -0.134. The van der Waals surface area contributed by atoms with Crippen molar-refractivity contribution in [2.24, 2.45) is 33.8 Å². The molecular weight excluding hydrogens is 600 g/mol. The maximum Gasteiger partial charge on any atom is 0.243 e. The van der Waals surface area contributed by atoms with E-state index >= 15 is 0 Å². The molecule has 0 aliphatic carbocycles. The summed E-state index contributed by atoms with van der Waals surface area (Å²) in [5.74, 6) is -2.27. The van der Waals surface area contributed by atoms with E-state index in [0.29, 0.717) is 37.8 Å². The molecule has 0 unspecified atom stereocenters. The molecule has 14 heteroatoms. The lowest BCUT2D eigenvalue weighted by Gasteiger charge is -2.27. The van der Waals surface area contributed by atoms with E-state index in [1.807, 2.05) is 30.3 Å². The first-order valence-corrected chi connectivity index (χ1v) is 15.8. The van der Waals surface area contributed by atoms with Gasteiger partial charge in [-0.15, -0.1) is 0 Å². The Hall–Kier alpha value is -4.98. The van der Waals surface area contributed by atoms with E-state index < -0.39 is 35.8 Å². The van der Waals surface area contributed by atoms with Crippen LogP contribution in [0.1, 0.15) is 62.6 Å². The van der Waals surface area contributed by atoms with Gasteiger partial charge in [0.25, 0.3) is 0 Å². The number of amidine groups is 1. The monoisotopic (exact) mass is 650 g/mol. The predicted octanol–water partition coefficient (Wildman–Crippen LogP) is 0.123. The van der Waals surface area contributed by atoms with Crippen molar-refractivity contribution in [2.45, 2.75) is 77.0 Å². The molecule has 0 saturated heterocycles. The Morgan fingerprint density at radius 1 is 0.766 bits per heavy atom. The molecule has 13 N–H and O–H groups in total. The summed E-state index contributed by atoms with van der Waals surface area (Å²) < 4.78 is 0. The van der Waals surface area contributed by atoms with E-state index in [-0.39, 0.29) is 49.6 Å². The fourth-order valence-electron chi connectivity index (χ4n) is 4.73. The number of nitrogens with zero attached hydrogens (tertiary/aromatic N) is 1. The Kier molecular flexibility index (Phi) is 16.4. The Morgan fingerprint density at radius 2 is 1.40 bits per heavy atom. The highest BCUT2D eigenvalue weighted by atomic mass is 16.2. The van der Waals surface area contributed by atoms with Gasteiger partial charge in [-0.2, -0.15) is 0 Å². The van der Waals surface area contributed by atoms with Crippen molar-refractivity contribution in [3.05, 3.63) is 71.3 Å². The number of nitrogens with two attached hydrogens (primary N) is 4. The highest BCUT2D eigenvalue weighted by Gasteiger charge is 2.31. The number of guanidine groups is 1. The third-order valence-corrected chi connectivity index (χ3v) is 7.36. The summed E-state index contributed by atoms with van der Waals surface area (Å²) in [5, 5.41) is 18.8.